The zero-order valence-corrected chi connectivity index (χ0v) is 20.4. The van der Waals surface area contributed by atoms with Gasteiger partial charge in [-0.1, -0.05) is 0 Å². The van der Waals surface area contributed by atoms with Crippen LogP contribution in [0.3, 0.4) is 0 Å². The average Bonchev–Trinajstić information content (AvgIpc) is 2.85. The van der Waals surface area contributed by atoms with Gasteiger partial charge in [-0.25, -0.2) is 14.4 Å². The molecule has 4 aliphatic carbocycles. The van der Waals surface area contributed by atoms with Crippen molar-refractivity contribution in [3.8, 4) is 6.07 Å². The second-order valence-corrected chi connectivity index (χ2v) is 11.2. The molecule has 5 aliphatic rings. The van der Waals surface area contributed by atoms with Gasteiger partial charge in [0.25, 0.3) is 5.91 Å². The van der Waals surface area contributed by atoms with E-state index in [4.69, 9.17) is 5.26 Å². The van der Waals surface area contributed by atoms with E-state index in [1.807, 2.05) is 22.8 Å². The van der Waals surface area contributed by atoms with Gasteiger partial charge < -0.3 is 20.2 Å². The van der Waals surface area contributed by atoms with Crippen LogP contribution in [0.2, 0.25) is 0 Å². The monoisotopic (exact) mass is 490 g/mol. The van der Waals surface area contributed by atoms with Gasteiger partial charge in [0, 0.05) is 37.9 Å². The van der Waals surface area contributed by atoms with E-state index in [1.54, 1.807) is 24.4 Å². The summed E-state index contributed by atoms with van der Waals surface area (Å²) < 4.78 is 14.5. The Morgan fingerprint density at radius 3 is 2.67 bits per heavy atom. The quantitative estimate of drug-likeness (QED) is 0.679. The molecule has 2 heterocycles. The van der Waals surface area contributed by atoms with Crippen LogP contribution in [0.25, 0.3) is 0 Å². The topological polar surface area (TPSA) is 105 Å². The Morgan fingerprint density at radius 2 is 2.00 bits per heavy atom. The molecule has 0 spiro atoms. The number of aliphatic hydroxyl groups is 1. The summed E-state index contributed by atoms with van der Waals surface area (Å²) in [5.41, 5.74) is 0.602. The normalized spacial score (nSPS) is 32.9. The van der Waals surface area contributed by atoms with Crippen molar-refractivity contribution in [2.24, 2.45) is 17.8 Å². The van der Waals surface area contributed by atoms with E-state index in [2.05, 4.69) is 15.3 Å². The van der Waals surface area contributed by atoms with Crippen LogP contribution in [0.4, 0.5) is 16.0 Å². The predicted molar refractivity (Wildman–Crippen MR) is 132 cm³/mol. The molecule has 4 saturated carbocycles. The molecule has 5 fully saturated rings. The lowest BCUT2D eigenvalue weighted by Gasteiger charge is -2.58. The summed E-state index contributed by atoms with van der Waals surface area (Å²) in [7, 11) is 0. The largest absolute Gasteiger partial charge is 0.390 e. The van der Waals surface area contributed by atoms with Crippen LogP contribution in [-0.4, -0.2) is 58.3 Å². The molecular formula is C27H31FN6O2. The lowest BCUT2D eigenvalue weighted by atomic mass is 9.52. The van der Waals surface area contributed by atoms with Crippen LogP contribution in [0.15, 0.2) is 30.5 Å². The van der Waals surface area contributed by atoms with E-state index in [0.29, 0.717) is 60.3 Å². The van der Waals surface area contributed by atoms with Crippen LogP contribution >= 0.6 is 0 Å². The van der Waals surface area contributed by atoms with Crippen LogP contribution in [0.5, 0.6) is 0 Å². The Labute approximate surface area is 210 Å². The lowest BCUT2D eigenvalue weighted by molar-refractivity contribution is -0.136. The van der Waals surface area contributed by atoms with Gasteiger partial charge in [0.05, 0.1) is 22.9 Å². The number of nitriles is 1. The fourth-order valence-corrected chi connectivity index (χ4v) is 7.36. The van der Waals surface area contributed by atoms with Crippen LogP contribution in [-0.2, 0) is 0 Å². The summed E-state index contributed by atoms with van der Waals surface area (Å²) in [6.07, 6.45) is 6.26. The van der Waals surface area contributed by atoms with E-state index < -0.39 is 11.4 Å². The summed E-state index contributed by atoms with van der Waals surface area (Å²) in [5, 5.41) is 23.1. The highest BCUT2D eigenvalue weighted by molar-refractivity contribution is 5.92. The minimum absolute atomic E-state index is 0.00252. The fraction of sp³-hybridized carbons (Fsp3) is 0.556. The minimum atomic E-state index is -0.529. The molecule has 1 aromatic carbocycles. The smallest absolute Gasteiger partial charge is 0.270 e. The molecule has 2 unspecified atom stereocenters. The number of nitrogens with zero attached hydrogens (tertiary/aromatic N) is 5. The van der Waals surface area contributed by atoms with E-state index >= 15 is 0 Å². The number of amides is 1. The van der Waals surface area contributed by atoms with Crippen molar-refractivity contribution in [3.05, 3.63) is 47.5 Å². The zero-order chi connectivity index (χ0) is 25.0. The molecule has 1 aromatic heterocycles. The number of benzene rings is 1. The minimum Gasteiger partial charge on any atom is -0.390 e. The first-order chi connectivity index (χ1) is 17.3. The van der Waals surface area contributed by atoms with Crippen molar-refractivity contribution < 1.29 is 14.3 Å². The number of anilines is 2. The van der Waals surface area contributed by atoms with Gasteiger partial charge in [-0.15, -0.1) is 0 Å². The van der Waals surface area contributed by atoms with Crippen LogP contribution in [0.1, 0.15) is 55.1 Å². The van der Waals surface area contributed by atoms with Crippen molar-refractivity contribution in [1.29, 1.82) is 5.26 Å². The standard InChI is InChI=1S/C27H31FN6O2/c1-16-15-33(23-3-2-17(14-29)10-21(23)28)6-7-34(16)26-30-5-4-22(31-26)25(35)32-24-19-8-18-9-20(24)13-27(36,11-18)12-19/h2-5,10,16,18-20,24,36H,6-9,11-13,15H2,1H3,(H,32,35)/t16-,18?,19?,20?,24?,27?/m1/s1. The number of hydrogen-bond acceptors (Lipinski definition) is 7. The van der Waals surface area contributed by atoms with E-state index in [0.717, 1.165) is 32.1 Å². The third-order valence-corrected chi connectivity index (χ3v) is 8.72. The van der Waals surface area contributed by atoms with Gasteiger partial charge in [-0.05, 0) is 81.0 Å². The molecule has 1 saturated heterocycles. The second kappa shape index (κ2) is 8.70. The van der Waals surface area contributed by atoms with Crippen molar-refractivity contribution >= 4 is 17.5 Å². The number of aromatic nitrogens is 2. The number of carbonyl (C=O) groups excluding carboxylic acids is 1. The first-order valence-electron chi connectivity index (χ1n) is 12.9. The highest BCUT2D eigenvalue weighted by Gasteiger charge is 2.55. The molecular weight excluding hydrogens is 459 g/mol. The van der Waals surface area contributed by atoms with Gasteiger partial charge in [0.1, 0.15) is 11.5 Å². The zero-order valence-electron chi connectivity index (χ0n) is 20.4. The summed E-state index contributed by atoms with van der Waals surface area (Å²) in [5.74, 6) is 1.17. The summed E-state index contributed by atoms with van der Waals surface area (Å²) in [6, 6.07) is 8.25. The molecule has 9 heteroatoms. The maximum atomic E-state index is 14.5. The Morgan fingerprint density at radius 1 is 1.22 bits per heavy atom. The predicted octanol–water partition coefficient (Wildman–Crippen LogP) is 2.87. The third-order valence-electron chi connectivity index (χ3n) is 8.72. The van der Waals surface area contributed by atoms with Crippen molar-refractivity contribution in [2.45, 2.75) is 56.7 Å². The molecule has 4 bridgehead atoms. The molecule has 188 valence electrons. The second-order valence-electron chi connectivity index (χ2n) is 11.2. The van der Waals surface area contributed by atoms with Crippen molar-refractivity contribution in [3.63, 3.8) is 0 Å². The Balaban J connectivity index is 1.13. The number of hydrogen-bond donors (Lipinski definition) is 2. The van der Waals surface area contributed by atoms with Crippen molar-refractivity contribution in [1.82, 2.24) is 15.3 Å². The molecule has 2 aromatic rings. The molecule has 36 heavy (non-hydrogen) atoms. The molecule has 8 nitrogen and oxygen atoms in total. The Hall–Kier alpha value is -3.25. The molecule has 1 amide bonds. The Kier molecular flexibility index (Phi) is 5.60. The highest BCUT2D eigenvalue weighted by Crippen LogP contribution is 2.55. The van der Waals surface area contributed by atoms with Gasteiger partial charge in [-0.2, -0.15) is 5.26 Å². The van der Waals surface area contributed by atoms with Crippen LogP contribution < -0.4 is 15.1 Å². The van der Waals surface area contributed by atoms with Gasteiger partial charge in [0.15, 0.2) is 0 Å². The molecule has 3 atom stereocenters. The highest BCUT2D eigenvalue weighted by atomic mass is 19.1. The third kappa shape index (κ3) is 4.07. The fourth-order valence-electron chi connectivity index (χ4n) is 7.36. The summed E-state index contributed by atoms with van der Waals surface area (Å²) in [4.78, 5) is 26.3. The van der Waals surface area contributed by atoms with Gasteiger partial charge >= 0.3 is 0 Å². The number of piperazine rings is 1. The molecule has 1 aliphatic heterocycles. The maximum absolute atomic E-state index is 14.5. The maximum Gasteiger partial charge on any atom is 0.270 e. The van der Waals surface area contributed by atoms with E-state index in [1.165, 1.54) is 6.07 Å². The van der Waals surface area contributed by atoms with Gasteiger partial charge in [0.2, 0.25) is 5.95 Å². The number of nitrogens with one attached hydrogen (secondary N) is 1. The molecule has 7 rings (SSSR count). The first kappa shape index (κ1) is 23.2. The first-order valence-corrected chi connectivity index (χ1v) is 12.9. The number of carbonyl (C=O) groups is 1. The lowest BCUT2D eigenvalue weighted by Crippen LogP contribution is -2.61. The average molecular weight is 491 g/mol. The number of rotatable bonds is 4. The van der Waals surface area contributed by atoms with E-state index in [9.17, 15) is 14.3 Å². The SMILES string of the molecule is C[C@@H]1CN(c2ccc(C#N)cc2F)CCN1c1nccc(C(=O)NC2C3CC4CC2CC(O)(C4)C3)n1. The van der Waals surface area contributed by atoms with Crippen molar-refractivity contribution in [2.75, 3.05) is 29.4 Å². The number of halogens is 1. The molecule has 0 radical (unpaired) electrons. The summed E-state index contributed by atoms with van der Waals surface area (Å²) >= 11 is 0. The van der Waals surface area contributed by atoms with E-state index in [-0.39, 0.29) is 18.0 Å². The van der Waals surface area contributed by atoms with Gasteiger partial charge in [-0.3, -0.25) is 4.79 Å². The molecule has 2 N–H and O–H groups in total. The Bertz CT molecular complexity index is 1210. The van der Waals surface area contributed by atoms with Crippen LogP contribution in [0, 0.1) is 34.9 Å². The summed E-state index contributed by atoms with van der Waals surface area (Å²) in [6.45, 7) is 3.75.